The maximum atomic E-state index is 11.0. The van der Waals surface area contributed by atoms with Crippen LogP contribution in [0.4, 0.5) is 13.2 Å². The van der Waals surface area contributed by atoms with Gasteiger partial charge in [-0.25, -0.2) is 0 Å². The van der Waals surface area contributed by atoms with Gasteiger partial charge in [-0.2, -0.15) is 0 Å². The molecule has 0 aromatic carbocycles. The van der Waals surface area contributed by atoms with Gasteiger partial charge in [0.15, 0.2) is 0 Å². The third-order valence-electron chi connectivity index (χ3n) is 0.260. The predicted molar refractivity (Wildman–Crippen MR) is 26.0 cm³/mol. The Balaban J connectivity index is 0. The van der Waals surface area contributed by atoms with E-state index in [1.165, 1.54) is 0 Å². The summed E-state index contributed by atoms with van der Waals surface area (Å²) in [7, 11) is 0. The summed E-state index contributed by atoms with van der Waals surface area (Å²) < 4.78 is 31.2. The van der Waals surface area contributed by atoms with E-state index in [1.54, 1.807) is 0 Å². The van der Waals surface area contributed by atoms with Gasteiger partial charge in [0.2, 0.25) is 0 Å². The second kappa shape index (κ2) is 5.37. The molecule has 0 rings (SSSR count). The standard InChI is InChI=1S/C2F3.BH3.K/c3-1-2(4)5;;/h;1H3;. The zero-order chi connectivity index (χ0) is 5.15. The second-order valence-electron chi connectivity index (χ2n) is 0.794. The zero-order valence-electron chi connectivity index (χ0n) is 3.13. The Bertz CT molecular complexity index is 63.0. The normalized spacial score (nSPS) is 7.00. The fourth-order valence-electron chi connectivity index (χ4n) is 0. The summed E-state index contributed by atoms with van der Waals surface area (Å²) in [5.41, 5.74) is 0. The van der Waals surface area contributed by atoms with E-state index in [0.717, 1.165) is 0 Å². The van der Waals surface area contributed by atoms with E-state index in [2.05, 4.69) is 0 Å². The molecule has 0 aliphatic heterocycles. The Morgan fingerprint density at radius 2 is 1.29 bits per heavy atom. The van der Waals surface area contributed by atoms with E-state index in [0.29, 0.717) is 0 Å². The summed E-state index contributed by atoms with van der Waals surface area (Å²) in [6, 6.07) is 0. The van der Waals surface area contributed by atoms with Gasteiger partial charge >= 0.3 is 68.1 Å². The van der Waals surface area contributed by atoms with Crippen LogP contribution in [0.15, 0.2) is 6.00 Å². The van der Waals surface area contributed by atoms with E-state index >= 15 is 0 Å². The monoisotopic (exact) mass is 134 g/mol. The molecule has 0 N–H and O–H groups in total. The first-order valence-electron chi connectivity index (χ1n) is 1.32. The first kappa shape index (κ1) is 11.1. The minimum atomic E-state index is -2.16. The zero-order valence-corrected chi connectivity index (χ0v) is 6.26. The number of hydrogen-bond acceptors (Lipinski definition) is 0. The Hall–Kier alpha value is 1.23. The van der Waals surface area contributed by atoms with Gasteiger partial charge in [0.25, 0.3) is 0 Å². The molecule has 0 fully saturated rings. The van der Waals surface area contributed by atoms with Crippen LogP contribution in [0.2, 0.25) is 0 Å². The third-order valence-corrected chi connectivity index (χ3v) is 0.851. The van der Waals surface area contributed by atoms with Crippen molar-refractivity contribution in [3.8, 4) is 0 Å². The molecule has 0 radical (unpaired) electrons. The van der Waals surface area contributed by atoms with E-state index < -0.39 is 55.0 Å². The van der Waals surface area contributed by atoms with Crippen molar-refractivity contribution in [2.24, 2.45) is 0 Å². The summed E-state index contributed by atoms with van der Waals surface area (Å²) >= 11 is -0.494. The Kier molecular flexibility index (Phi) is 8.50. The maximum absolute atomic E-state index is 11.0. The van der Waals surface area contributed by atoms with E-state index in [-0.39, 0.29) is 8.41 Å². The van der Waals surface area contributed by atoms with Crippen LogP contribution in [0.1, 0.15) is 0 Å². The van der Waals surface area contributed by atoms with Crippen LogP contribution in [0, 0.1) is 0 Å². The van der Waals surface area contributed by atoms with Gasteiger partial charge in [-0.15, -0.1) is 0 Å². The summed E-state index contributed by atoms with van der Waals surface area (Å²) in [6.45, 7) is 0. The van der Waals surface area contributed by atoms with Crippen molar-refractivity contribution in [2.75, 3.05) is 0 Å². The summed E-state index contributed by atoms with van der Waals surface area (Å²) in [5.74, 6) is 0. The molecule has 0 saturated heterocycles. The molecule has 0 aromatic heterocycles. The molecule has 36 valence electrons. The van der Waals surface area contributed by atoms with Crippen LogP contribution in [-0.2, 0) is 0 Å². The molecular weight excluding hydrogens is 131 g/mol. The molecule has 5 heteroatoms. The first-order valence-corrected chi connectivity index (χ1v) is 2.88. The quantitative estimate of drug-likeness (QED) is 0.409. The van der Waals surface area contributed by atoms with Crippen molar-refractivity contribution in [3.05, 3.63) is 6.00 Å². The van der Waals surface area contributed by atoms with Gasteiger partial charge in [-0.1, -0.05) is 0 Å². The molecule has 0 aliphatic carbocycles. The van der Waals surface area contributed by atoms with Crippen LogP contribution in [0.5, 0.6) is 0 Å². The SMILES string of the molecule is B.FC(F)=[C](F)[K]. The first-order chi connectivity index (χ1) is 2.64. The minimum absolute atomic E-state index is 0. The Morgan fingerprint density at radius 3 is 1.29 bits per heavy atom. The molecule has 0 aliphatic rings. The van der Waals surface area contributed by atoms with Crippen molar-refractivity contribution in [1.29, 1.82) is 0 Å². The van der Waals surface area contributed by atoms with Crippen molar-refractivity contribution in [1.82, 2.24) is 0 Å². The van der Waals surface area contributed by atoms with Gasteiger partial charge in [0.05, 0.1) is 8.41 Å². The molecule has 0 saturated carbocycles. The molecule has 0 unspecified atom stereocenters. The molecule has 0 nitrogen and oxygen atoms in total. The van der Waals surface area contributed by atoms with Crippen LogP contribution in [0.3, 0.4) is 0 Å². The fraction of sp³-hybridized carbons (Fsp3) is 0. The summed E-state index contributed by atoms with van der Waals surface area (Å²) in [6.07, 6.45) is -2.16. The van der Waals surface area contributed by atoms with E-state index in [4.69, 9.17) is 0 Å². The van der Waals surface area contributed by atoms with Crippen LogP contribution in [-0.4, -0.2) is 57.4 Å². The molecule has 0 heterocycles. The molecule has 0 bridgehead atoms. The predicted octanol–water partition coefficient (Wildman–Crippen LogP) is 0.00610. The number of hydrogen-bond donors (Lipinski definition) is 0. The van der Waals surface area contributed by atoms with Gasteiger partial charge < -0.3 is 0 Å². The van der Waals surface area contributed by atoms with Crippen LogP contribution >= 0.6 is 0 Å². The van der Waals surface area contributed by atoms with Crippen molar-refractivity contribution in [3.63, 3.8) is 0 Å². The van der Waals surface area contributed by atoms with Gasteiger partial charge in [0.1, 0.15) is 0 Å². The molecule has 7 heavy (non-hydrogen) atoms. The summed E-state index contributed by atoms with van der Waals surface area (Å²) in [4.78, 5) is 0. The molecular formula is C2H3BF3K. The fourth-order valence-corrected chi connectivity index (χ4v) is 0. The van der Waals surface area contributed by atoms with Gasteiger partial charge in [-0.05, 0) is 0 Å². The molecule has 0 aromatic rings. The van der Waals surface area contributed by atoms with E-state index in [1.807, 2.05) is 0 Å². The molecule has 0 atom stereocenters. The van der Waals surface area contributed by atoms with Crippen molar-refractivity contribution >= 4 is 57.4 Å². The average Bonchev–Trinajstić information content (AvgIpc) is 1.36. The van der Waals surface area contributed by atoms with Crippen molar-refractivity contribution in [2.45, 2.75) is 0 Å². The second-order valence-corrected chi connectivity index (χ2v) is 2.16. The number of halogens is 3. The van der Waals surface area contributed by atoms with Crippen molar-refractivity contribution < 1.29 is 13.2 Å². The van der Waals surface area contributed by atoms with Crippen LogP contribution < -0.4 is 0 Å². The number of rotatable bonds is 0. The third kappa shape index (κ3) is 7.23. The average molecular weight is 134 g/mol. The Labute approximate surface area is 75.3 Å². The molecule has 0 spiro atoms. The Morgan fingerprint density at radius 1 is 1.14 bits per heavy atom. The van der Waals surface area contributed by atoms with Crippen LogP contribution in [0.25, 0.3) is 0 Å². The summed E-state index contributed by atoms with van der Waals surface area (Å²) in [5, 5.41) is 0. The topological polar surface area (TPSA) is 0 Å². The van der Waals surface area contributed by atoms with E-state index in [9.17, 15) is 13.2 Å². The van der Waals surface area contributed by atoms with Gasteiger partial charge in [-0.3, -0.25) is 0 Å². The van der Waals surface area contributed by atoms with Gasteiger partial charge in [0, 0.05) is 0 Å². The molecule has 0 amide bonds.